The molecule has 0 aromatic rings. The van der Waals surface area contributed by atoms with Gasteiger partial charge in [-0.2, -0.15) is 5.10 Å². The topological polar surface area (TPSA) is 41.5 Å². The molecule has 0 heterocycles. The number of rotatable bonds is 2. The summed E-state index contributed by atoms with van der Waals surface area (Å²) in [5.41, 5.74) is 3.22. The monoisotopic (exact) mass is 142 g/mol. The molecule has 0 fully saturated rings. The molecular weight excluding hydrogens is 128 g/mol. The molecule has 1 N–H and O–H groups in total. The number of nitrogens with one attached hydrogen (secondary N) is 1. The van der Waals surface area contributed by atoms with E-state index in [1.165, 1.54) is 0 Å². The van der Waals surface area contributed by atoms with Gasteiger partial charge in [-0.05, 0) is 6.92 Å². The van der Waals surface area contributed by atoms with Gasteiger partial charge >= 0.3 is 0 Å². The molecule has 3 nitrogen and oxygen atoms in total. The average molecular weight is 142 g/mol. The third-order valence-corrected chi connectivity index (χ3v) is 1.37. The molecule has 0 aliphatic carbocycles. The fraction of sp³-hybridized carbons (Fsp3) is 0.714. The summed E-state index contributed by atoms with van der Waals surface area (Å²) in [5, 5.41) is 3.81. The van der Waals surface area contributed by atoms with E-state index in [2.05, 4.69) is 10.5 Å². The zero-order chi connectivity index (χ0) is 8.20. The van der Waals surface area contributed by atoms with Crippen molar-refractivity contribution in [2.45, 2.75) is 27.7 Å². The van der Waals surface area contributed by atoms with Crippen molar-refractivity contribution in [3.63, 3.8) is 0 Å². The highest BCUT2D eigenvalue weighted by Crippen LogP contribution is 2.14. The first-order chi connectivity index (χ1) is 4.48. The Morgan fingerprint density at radius 2 is 2.00 bits per heavy atom. The van der Waals surface area contributed by atoms with E-state index >= 15 is 0 Å². The molecule has 0 unspecified atom stereocenters. The number of nitrogens with zero attached hydrogens (tertiary/aromatic N) is 1. The third-order valence-electron chi connectivity index (χ3n) is 1.37. The molecule has 0 atom stereocenters. The van der Waals surface area contributed by atoms with E-state index in [1.54, 1.807) is 0 Å². The largest absolute Gasteiger partial charge is 0.277 e. The maximum atomic E-state index is 9.82. The highest BCUT2D eigenvalue weighted by molar-refractivity contribution is 5.87. The fourth-order valence-electron chi connectivity index (χ4n) is 0.291. The molecule has 58 valence electrons. The normalized spacial score (nSPS) is 13.0. The van der Waals surface area contributed by atoms with E-state index in [9.17, 15) is 4.79 Å². The second kappa shape index (κ2) is 3.34. The summed E-state index contributed by atoms with van der Waals surface area (Å²) in [4.78, 5) is 9.82. The van der Waals surface area contributed by atoms with Gasteiger partial charge in [0.15, 0.2) is 0 Å². The molecule has 0 saturated carbocycles. The summed E-state index contributed by atoms with van der Waals surface area (Å²) in [6, 6.07) is 0. The molecular formula is C7H14N2O. The fourth-order valence-corrected chi connectivity index (χ4v) is 0.291. The van der Waals surface area contributed by atoms with Crippen LogP contribution >= 0.6 is 0 Å². The van der Waals surface area contributed by atoms with Gasteiger partial charge in [0, 0.05) is 11.1 Å². The Bertz CT molecular complexity index is 144. The Balaban J connectivity index is 4.05. The second-order valence-corrected chi connectivity index (χ2v) is 3.19. The Morgan fingerprint density at radius 1 is 1.50 bits per heavy atom. The first-order valence-electron chi connectivity index (χ1n) is 3.22. The molecule has 3 heteroatoms. The lowest BCUT2D eigenvalue weighted by atomic mass is 9.91. The second-order valence-electron chi connectivity index (χ2n) is 3.19. The SMILES string of the molecule is C/C(=N\NC=O)C(C)(C)C. The standard InChI is InChI=1S/C7H14N2O/c1-6(7(2,3)4)9-8-5-10/h5H,1-4H3,(H,8,10)/b9-6+. The summed E-state index contributed by atoms with van der Waals surface area (Å²) in [6.07, 6.45) is 0.565. The molecule has 0 rings (SSSR count). The van der Waals surface area contributed by atoms with Crippen LogP contribution in [0.1, 0.15) is 27.7 Å². The Labute approximate surface area is 61.5 Å². The van der Waals surface area contributed by atoms with Crippen LogP contribution in [-0.4, -0.2) is 12.1 Å². The van der Waals surface area contributed by atoms with Crippen LogP contribution in [0.3, 0.4) is 0 Å². The van der Waals surface area contributed by atoms with E-state index < -0.39 is 0 Å². The number of carbonyl (C=O) groups is 1. The minimum atomic E-state index is 0.0377. The van der Waals surface area contributed by atoms with Crippen LogP contribution in [0, 0.1) is 5.41 Å². The van der Waals surface area contributed by atoms with Crippen molar-refractivity contribution in [3.05, 3.63) is 0 Å². The van der Waals surface area contributed by atoms with Gasteiger partial charge in [-0.25, -0.2) is 5.43 Å². The Kier molecular flexibility index (Phi) is 3.06. The number of hydrazone groups is 1. The molecule has 1 amide bonds. The molecule has 0 aromatic heterocycles. The lowest BCUT2D eigenvalue weighted by Crippen LogP contribution is -2.20. The third kappa shape index (κ3) is 3.22. The van der Waals surface area contributed by atoms with Crippen LogP contribution in [0.5, 0.6) is 0 Å². The predicted octanol–water partition coefficient (Wildman–Crippen LogP) is 1.15. The van der Waals surface area contributed by atoms with Gasteiger partial charge in [-0.1, -0.05) is 20.8 Å². The first kappa shape index (κ1) is 9.14. The van der Waals surface area contributed by atoms with E-state index in [1.807, 2.05) is 27.7 Å². The molecule has 0 aliphatic heterocycles. The van der Waals surface area contributed by atoms with Gasteiger partial charge < -0.3 is 0 Å². The zero-order valence-electron chi connectivity index (χ0n) is 6.93. The summed E-state index contributed by atoms with van der Waals surface area (Å²) < 4.78 is 0. The van der Waals surface area contributed by atoms with Crippen molar-refractivity contribution >= 4 is 12.1 Å². The summed E-state index contributed by atoms with van der Waals surface area (Å²) in [7, 11) is 0. The Hall–Kier alpha value is -0.860. The van der Waals surface area contributed by atoms with Crippen LogP contribution in [-0.2, 0) is 4.79 Å². The minimum absolute atomic E-state index is 0.0377. The summed E-state index contributed by atoms with van der Waals surface area (Å²) >= 11 is 0. The minimum Gasteiger partial charge on any atom is -0.277 e. The average Bonchev–Trinajstić information content (AvgIpc) is 1.80. The quantitative estimate of drug-likeness (QED) is 0.351. The van der Waals surface area contributed by atoms with Crippen LogP contribution in [0.15, 0.2) is 5.10 Å². The number of carbonyl (C=O) groups excluding carboxylic acids is 1. The van der Waals surface area contributed by atoms with Gasteiger partial charge in [-0.15, -0.1) is 0 Å². The lowest BCUT2D eigenvalue weighted by Gasteiger charge is -2.16. The maximum absolute atomic E-state index is 9.82. The van der Waals surface area contributed by atoms with E-state index in [0.717, 1.165) is 5.71 Å². The molecule has 0 bridgehead atoms. The smallest absolute Gasteiger partial charge is 0.227 e. The molecule has 0 radical (unpaired) electrons. The predicted molar refractivity (Wildman–Crippen MR) is 41.8 cm³/mol. The lowest BCUT2D eigenvalue weighted by molar-refractivity contribution is -0.109. The van der Waals surface area contributed by atoms with Gasteiger partial charge in [0.25, 0.3) is 0 Å². The molecule has 0 aliphatic rings. The van der Waals surface area contributed by atoms with Crippen molar-refractivity contribution in [2.24, 2.45) is 10.5 Å². The van der Waals surface area contributed by atoms with Crippen LogP contribution < -0.4 is 5.43 Å². The molecule has 10 heavy (non-hydrogen) atoms. The summed E-state index contributed by atoms with van der Waals surface area (Å²) in [5.74, 6) is 0. The number of amides is 1. The van der Waals surface area contributed by atoms with Gasteiger partial charge in [0.2, 0.25) is 6.41 Å². The maximum Gasteiger partial charge on any atom is 0.227 e. The van der Waals surface area contributed by atoms with Crippen LogP contribution in [0.2, 0.25) is 0 Å². The van der Waals surface area contributed by atoms with Gasteiger partial charge in [-0.3, -0.25) is 4.79 Å². The van der Waals surface area contributed by atoms with E-state index in [4.69, 9.17) is 0 Å². The van der Waals surface area contributed by atoms with Crippen LogP contribution in [0.25, 0.3) is 0 Å². The van der Waals surface area contributed by atoms with E-state index in [-0.39, 0.29) is 5.41 Å². The van der Waals surface area contributed by atoms with Crippen molar-refractivity contribution in [1.29, 1.82) is 0 Å². The van der Waals surface area contributed by atoms with E-state index in [0.29, 0.717) is 6.41 Å². The highest BCUT2D eigenvalue weighted by atomic mass is 16.1. The summed E-state index contributed by atoms with van der Waals surface area (Å²) in [6.45, 7) is 8.01. The molecule has 0 aromatic carbocycles. The van der Waals surface area contributed by atoms with Crippen molar-refractivity contribution in [2.75, 3.05) is 0 Å². The van der Waals surface area contributed by atoms with Gasteiger partial charge in [0.05, 0.1) is 0 Å². The van der Waals surface area contributed by atoms with Crippen molar-refractivity contribution in [3.8, 4) is 0 Å². The zero-order valence-corrected chi connectivity index (χ0v) is 6.93. The van der Waals surface area contributed by atoms with Crippen molar-refractivity contribution in [1.82, 2.24) is 5.43 Å². The highest BCUT2D eigenvalue weighted by Gasteiger charge is 2.13. The first-order valence-corrected chi connectivity index (χ1v) is 3.22. The molecule has 0 spiro atoms. The molecule has 0 saturated heterocycles. The van der Waals surface area contributed by atoms with Crippen LogP contribution in [0.4, 0.5) is 0 Å². The number of hydrogen-bond acceptors (Lipinski definition) is 2. The Morgan fingerprint density at radius 3 is 2.30 bits per heavy atom. The van der Waals surface area contributed by atoms with Crippen molar-refractivity contribution < 1.29 is 4.79 Å². The number of hydrogen-bond donors (Lipinski definition) is 1. The van der Waals surface area contributed by atoms with Gasteiger partial charge in [0.1, 0.15) is 0 Å².